The van der Waals surface area contributed by atoms with E-state index < -0.39 is 0 Å². The molecule has 6 heteroatoms. The number of amides is 1. The van der Waals surface area contributed by atoms with E-state index in [2.05, 4.69) is 15.2 Å². The minimum absolute atomic E-state index is 0.00513. The number of hydrogen-bond donors (Lipinski definition) is 2. The third-order valence-electron chi connectivity index (χ3n) is 4.24. The summed E-state index contributed by atoms with van der Waals surface area (Å²) in [6, 6.07) is 8.44. The first-order chi connectivity index (χ1) is 11.6. The van der Waals surface area contributed by atoms with Gasteiger partial charge in [0.2, 0.25) is 5.91 Å². The number of hydrogen-bond acceptors (Lipinski definition) is 4. The van der Waals surface area contributed by atoms with Crippen molar-refractivity contribution in [3.05, 3.63) is 53.3 Å². The van der Waals surface area contributed by atoms with Crippen molar-refractivity contribution in [3.63, 3.8) is 0 Å². The van der Waals surface area contributed by atoms with E-state index in [0.29, 0.717) is 12.2 Å². The Kier molecular flexibility index (Phi) is 5.33. The summed E-state index contributed by atoms with van der Waals surface area (Å²) < 4.78 is 0. The van der Waals surface area contributed by atoms with Gasteiger partial charge in [0.05, 0.1) is 11.1 Å². The van der Waals surface area contributed by atoms with Crippen molar-refractivity contribution in [1.82, 2.24) is 9.88 Å². The average Bonchev–Trinajstić information content (AvgIpc) is 2.59. The summed E-state index contributed by atoms with van der Waals surface area (Å²) in [5.74, 6) is -0.0362. The summed E-state index contributed by atoms with van der Waals surface area (Å²) in [7, 11) is 0. The van der Waals surface area contributed by atoms with E-state index in [4.69, 9.17) is 11.6 Å². The zero-order valence-electron chi connectivity index (χ0n) is 13.3. The number of rotatable bonds is 4. The summed E-state index contributed by atoms with van der Waals surface area (Å²) in [6.07, 6.45) is 6.55. The Balaban J connectivity index is 1.69. The van der Waals surface area contributed by atoms with Crippen molar-refractivity contribution in [2.45, 2.75) is 31.8 Å². The van der Waals surface area contributed by atoms with Gasteiger partial charge in [-0.1, -0.05) is 24.1 Å². The van der Waals surface area contributed by atoms with E-state index >= 15 is 0 Å². The van der Waals surface area contributed by atoms with Gasteiger partial charge in [0, 0.05) is 24.6 Å². The van der Waals surface area contributed by atoms with Gasteiger partial charge >= 0.3 is 0 Å². The molecule has 2 heterocycles. The maximum absolute atomic E-state index is 12.7. The molecule has 1 amide bonds. The summed E-state index contributed by atoms with van der Waals surface area (Å²) in [5.41, 5.74) is 1.69. The number of piperidine rings is 1. The Morgan fingerprint density at radius 1 is 1.38 bits per heavy atom. The fraction of sp³-hybridized carbons (Fsp3) is 0.333. The van der Waals surface area contributed by atoms with Crippen molar-refractivity contribution in [2.75, 3.05) is 11.9 Å². The molecule has 0 aliphatic carbocycles. The molecule has 1 aromatic heterocycles. The van der Waals surface area contributed by atoms with E-state index in [-0.39, 0.29) is 22.7 Å². The number of pyridine rings is 1. The lowest BCUT2D eigenvalue weighted by molar-refractivity contribution is -0.122. The molecule has 1 aliphatic heterocycles. The van der Waals surface area contributed by atoms with Gasteiger partial charge in [-0.25, -0.2) is 0 Å². The maximum Gasteiger partial charge on any atom is 0.241 e. The highest BCUT2D eigenvalue weighted by Crippen LogP contribution is 2.27. The van der Waals surface area contributed by atoms with Gasteiger partial charge in [0.15, 0.2) is 0 Å². The summed E-state index contributed by atoms with van der Waals surface area (Å²) in [4.78, 5) is 19.0. The molecule has 5 nitrogen and oxygen atoms in total. The van der Waals surface area contributed by atoms with E-state index in [9.17, 15) is 9.90 Å². The predicted octanol–water partition coefficient (Wildman–Crippen LogP) is 3.43. The monoisotopic (exact) mass is 345 g/mol. The molecule has 0 radical (unpaired) electrons. The lowest BCUT2D eigenvalue weighted by Gasteiger charge is -2.34. The normalized spacial score (nSPS) is 18.3. The van der Waals surface area contributed by atoms with Crippen LogP contribution < -0.4 is 5.32 Å². The SMILES string of the molecule is O=C(Nc1ccc(O)c(Cl)c1)[C@H]1CCCCN1Cc1cccnc1. The zero-order chi connectivity index (χ0) is 16.9. The first-order valence-electron chi connectivity index (χ1n) is 8.06. The van der Waals surface area contributed by atoms with E-state index in [1.807, 2.05) is 18.3 Å². The molecule has 1 fully saturated rings. The van der Waals surface area contributed by atoms with Gasteiger partial charge in [-0.05, 0) is 49.2 Å². The second-order valence-corrected chi connectivity index (χ2v) is 6.41. The van der Waals surface area contributed by atoms with Crippen molar-refractivity contribution < 1.29 is 9.90 Å². The van der Waals surface area contributed by atoms with Crippen molar-refractivity contribution in [3.8, 4) is 5.75 Å². The second-order valence-electron chi connectivity index (χ2n) is 6.00. The smallest absolute Gasteiger partial charge is 0.241 e. The summed E-state index contributed by atoms with van der Waals surface area (Å²) >= 11 is 5.90. The van der Waals surface area contributed by atoms with Gasteiger partial charge in [0.1, 0.15) is 5.75 Å². The van der Waals surface area contributed by atoms with Crippen LogP contribution in [0.4, 0.5) is 5.69 Å². The molecule has 0 spiro atoms. The van der Waals surface area contributed by atoms with Crippen LogP contribution in [0.1, 0.15) is 24.8 Å². The van der Waals surface area contributed by atoms with Crippen LogP contribution >= 0.6 is 11.6 Å². The highest BCUT2D eigenvalue weighted by Gasteiger charge is 2.28. The van der Waals surface area contributed by atoms with Gasteiger partial charge in [0.25, 0.3) is 0 Å². The first kappa shape index (κ1) is 16.7. The second kappa shape index (κ2) is 7.64. The van der Waals surface area contributed by atoms with Crippen LogP contribution in [0, 0.1) is 0 Å². The number of carbonyl (C=O) groups is 1. The topological polar surface area (TPSA) is 65.5 Å². The van der Waals surface area contributed by atoms with Crippen LogP contribution in [-0.4, -0.2) is 33.5 Å². The van der Waals surface area contributed by atoms with Crippen LogP contribution in [0.25, 0.3) is 0 Å². The molecule has 126 valence electrons. The molecule has 1 aliphatic rings. The molecule has 24 heavy (non-hydrogen) atoms. The number of nitrogens with one attached hydrogen (secondary N) is 1. The Labute approximate surface area is 146 Å². The number of carbonyl (C=O) groups excluding carboxylic acids is 1. The van der Waals surface area contributed by atoms with Crippen LogP contribution in [0.15, 0.2) is 42.7 Å². The quantitative estimate of drug-likeness (QED) is 0.833. The van der Waals surface area contributed by atoms with E-state index in [1.165, 1.54) is 6.07 Å². The van der Waals surface area contributed by atoms with Crippen LogP contribution in [0.5, 0.6) is 5.75 Å². The highest BCUT2D eigenvalue weighted by atomic mass is 35.5. The standard InChI is InChI=1S/C18H20ClN3O2/c19-15-10-14(6-7-17(15)23)21-18(24)16-5-1-2-9-22(16)12-13-4-3-8-20-11-13/h3-4,6-8,10-11,16,23H,1-2,5,9,12H2,(H,21,24)/t16-/m1/s1. The largest absolute Gasteiger partial charge is 0.506 e. The Bertz CT molecular complexity index is 709. The van der Waals surface area contributed by atoms with E-state index in [1.54, 1.807) is 18.3 Å². The van der Waals surface area contributed by atoms with Crippen LogP contribution in [-0.2, 0) is 11.3 Å². The van der Waals surface area contributed by atoms with E-state index in [0.717, 1.165) is 31.4 Å². The van der Waals surface area contributed by atoms with Crippen molar-refractivity contribution in [2.24, 2.45) is 0 Å². The molecule has 3 rings (SSSR count). The number of phenols is 1. The van der Waals surface area contributed by atoms with Gasteiger partial charge in [-0.2, -0.15) is 0 Å². The number of anilines is 1. The number of phenolic OH excluding ortho intramolecular Hbond substituents is 1. The lowest BCUT2D eigenvalue weighted by Crippen LogP contribution is -2.46. The lowest BCUT2D eigenvalue weighted by atomic mass is 10.0. The third kappa shape index (κ3) is 4.04. The molecule has 0 bridgehead atoms. The minimum Gasteiger partial charge on any atom is -0.506 e. The molecular formula is C18H20ClN3O2. The predicted molar refractivity (Wildman–Crippen MR) is 94.0 cm³/mol. The fourth-order valence-corrected chi connectivity index (χ4v) is 3.19. The zero-order valence-corrected chi connectivity index (χ0v) is 14.0. The molecule has 2 N–H and O–H groups in total. The summed E-state index contributed by atoms with van der Waals surface area (Å²) in [5, 5.41) is 12.6. The van der Waals surface area contributed by atoms with Crippen molar-refractivity contribution in [1.29, 1.82) is 0 Å². The molecule has 1 aromatic carbocycles. The number of nitrogens with zero attached hydrogens (tertiary/aromatic N) is 2. The minimum atomic E-state index is -0.175. The number of halogens is 1. The fourth-order valence-electron chi connectivity index (χ4n) is 3.01. The van der Waals surface area contributed by atoms with Crippen LogP contribution in [0.2, 0.25) is 5.02 Å². The Hall–Kier alpha value is -2.11. The molecular weight excluding hydrogens is 326 g/mol. The number of likely N-dealkylation sites (tertiary alicyclic amines) is 1. The Morgan fingerprint density at radius 3 is 3.00 bits per heavy atom. The highest BCUT2D eigenvalue weighted by molar-refractivity contribution is 6.32. The molecule has 0 saturated carbocycles. The van der Waals surface area contributed by atoms with Gasteiger partial charge in [-0.15, -0.1) is 0 Å². The van der Waals surface area contributed by atoms with Gasteiger partial charge < -0.3 is 10.4 Å². The Morgan fingerprint density at radius 2 is 2.25 bits per heavy atom. The maximum atomic E-state index is 12.7. The summed E-state index contributed by atoms with van der Waals surface area (Å²) in [6.45, 7) is 1.60. The molecule has 0 unspecified atom stereocenters. The molecule has 2 aromatic rings. The number of aromatic hydroxyl groups is 1. The first-order valence-corrected chi connectivity index (χ1v) is 8.43. The van der Waals surface area contributed by atoms with Crippen molar-refractivity contribution >= 4 is 23.2 Å². The van der Waals surface area contributed by atoms with Gasteiger partial charge in [-0.3, -0.25) is 14.7 Å². The number of benzene rings is 1. The average molecular weight is 346 g/mol. The van der Waals surface area contributed by atoms with Crippen LogP contribution in [0.3, 0.4) is 0 Å². The molecule has 1 saturated heterocycles. The molecule has 1 atom stereocenters. The number of aromatic nitrogens is 1. The third-order valence-corrected chi connectivity index (χ3v) is 4.54.